The van der Waals surface area contributed by atoms with Gasteiger partial charge in [0.15, 0.2) is 0 Å². The molecule has 0 atom stereocenters. The molecule has 1 aromatic rings. The number of rotatable bonds is 0. The van der Waals surface area contributed by atoms with Crippen LogP contribution in [0.15, 0.2) is 12.3 Å². The molecule has 0 radical (unpaired) electrons. The van der Waals surface area contributed by atoms with Crippen LogP contribution in [-0.2, 0) is 6.18 Å². The van der Waals surface area contributed by atoms with Crippen LogP contribution in [0.25, 0.3) is 0 Å². The Bertz CT molecular complexity index is 265. The largest absolute Gasteiger partial charge is 1.00 e. The van der Waals surface area contributed by atoms with E-state index in [1.54, 1.807) is 0 Å². The molecule has 0 N–H and O–H groups in total. The van der Waals surface area contributed by atoms with Gasteiger partial charge in [0.2, 0.25) is 0 Å². The molecule has 0 saturated heterocycles. The molecule has 0 spiro atoms. The van der Waals surface area contributed by atoms with E-state index in [9.17, 15) is 13.2 Å². The SMILES string of the molecule is FC(F)(F)c1ccn[c]([Mg+])n1.[Cl-]. The molecule has 0 aliphatic carbocycles. The van der Waals surface area contributed by atoms with Crippen LogP contribution in [0.3, 0.4) is 0 Å². The Kier molecular flexibility index (Phi) is 4.22. The molecule has 0 fully saturated rings. The predicted octanol–water partition coefficient (Wildman–Crippen LogP) is -2.71. The van der Waals surface area contributed by atoms with Gasteiger partial charge in [-0.1, -0.05) is 0 Å². The van der Waals surface area contributed by atoms with E-state index in [2.05, 4.69) is 9.97 Å². The van der Waals surface area contributed by atoms with Gasteiger partial charge in [-0.15, -0.1) is 0 Å². The molecule has 0 unspecified atom stereocenters. The van der Waals surface area contributed by atoms with Gasteiger partial charge in [-0.25, -0.2) is 0 Å². The maximum Gasteiger partial charge on any atom is -1.00 e. The molecule has 0 bridgehead atoms. The summed E-state index contributed by atoms with van der Waals surface area (Å²) in [6, 6.07) is 0.845. The second-order valence-electron chi connectivity index (χ2n) is 1.86. The van der Waals surface area contributed by atoms with Gasteiger partial charge in [-0.05, 0) is 0 Å². The van der Waals surface area contributed by atoms with Crippen molar-refractivity contribution in [1.29, 1.82) is 0 Å². The van der Waals surface area contributed by atoms with Crippen LogP contribution in [0.1, 0.15) is 5.69 Å². The summed E-state index contributed by atoms with van der Waals surface area (Å²) < 4.78 is 35.8. The summed E-state index contributed by atoms with van der Waals surface area (Å²) in [6.07, 6.45) is -3.27. The van der Waals surface area contributed by atoms with Crippen molar-refractivity contribution in [1.82, 2.24) is 9.97 Å². The van der Waals surface area contributed by atoms with Crippen molar-refractivity contribution in [2.45, 2.75) is 6.18 Å². The zero-order valence-corrected chi connectivity index (χ0v) is 7.94. The number of aromatic nitrogens is 2. The Hall–Kier alpha value is -0.0738. The topological polar surface area (TPSA) is 25.8 Å². The summed E-state index contributed by atoms with van der Waals surface area (Å²) in [5.74, 6) is 0. The molecule has 0 aromatic carbocycles. The van der Waals surface area contributed by atoms with Crippen LogP contribution in [-0.4, -0.2) is 31.7 Å². The van der Waals surface area contributed by atoms with Gasteiger partial charge in [0.1, 0.15) is 0 Å². The average molecular weight is 207 g/mol. The van der Waals surface area contributed by atoms with Crippen LogP contribution >= 0.6 is 0 Å². The van der Waals surface area contributed by atoms with Crippen molar-refractivity contribution in [3.63, 3.8) is 0 Å². The molecule has 2 nitrogen and oxygen atoms in total. The minimum absolute atomic E-state index is 0. The van der Waals surface area contributed by atoms with Gasteiger partial charge in [-0.2, -0.15) is 0 Å². The Labute approximate surface area is 85.4 Å². The smallest absolute Gasteiger partial charge is 1.00 e. The molecule has 1 rings (SSSR count). The Balaban J connectivity index is 0.00000121. The normalized spacial score (nSPS) is 10.8. The van der Waals surface area contributed by atoms with Gasteiger partial charge in [0.25, 0.3) is 0 Å². The second kappa shape index (κ2) is 4.24. The van der Waals surface area contributed by atoms with E-state index in [1.165, 1.54) is 21.7 Å². The Morgan fingerprint density at radius 1 is 1.33 bits per heavy atom. The number of hydrogen-bond donors (Lipinski definition) is 0. The summed E-state index contributed by atoms with van der Waals surface area (Å²) in [5, 5.41) is 0. The number of alkyl halides is 3. The molecule has 0 amide bonds. The first-order valence-corrected chi connectivity index (χ1v) is 3.43. The fourth-order valence-corrected chi connectivity index (χ4v) is 0.833. The van der Waals surface area contributed by atoms with Crippen LogP contribution in [0.2, 0.25) is 0 Å². The van der Waals surface area contributed by atoms with Gasteiger partial charge in [0, 0.05) is 0 Å². The summed E-state index contributed by atoms with van der Waals surface area (Å²) >= 11 is 1.22. The van der Waals surface area contributed by atoms with Crippen molar-refractivity contribution >= 4 is 25.7 Å². The first-order chi connectivity index (χ1) is 5.00. The second-order valence-corrected chi connectivity index (χ2v) is 2.49. The predicted molar refractivity (Wildman–Crippen MR) is 32.4 cm³/mol. The molecule has 0 aliphatic rings. The fourth-order valence-electron chi connectivity index (χ4n) is 0.557. The van der Waals surface area contributed by atoms with E-state index in [0.717, 1.165) is 12.3 Å². The van der Waals surface area contributed by atoms with Crippen molar-refractivity contribution in [3.8, 4) is 0 Å². The third-order valence-electron chi connectivity index (χ3n) is 0.996. The van der Waals surface area contributed by atoms with E-state index >= 15 is 0 Å². The number of nitrogens with zero attached hydrogens (tertiary/aromatic N) is 2. The molecule has 12 heavy (non-hydrogen) atoms. The van der Waals surface area contributed by atoms with E-state index in [0.29, 0.717) is 0 Å². The summed E-state index contributed by atoms with van der Waals surface area (Å²) in [7, 11) is 0. The number of hydrogen-bond acceptors (Lipinski definition) is 2. The van der Waals surface area contributed by atoms with E-state index in [1.807, 2.05) is 0 Å². The first-order valence-electron chi connectivity index (χ1n) is 2.72. The van der Waals surface area contributed by atoms with E-state index < -0.39 is 11.9 Å². The molecule has 1 heterocycles. The van der Waals surface area contributed by atoms with Gasteiger partial charge in [0.05, 0.1) is 0 Å². The third-order valence-corrected chi connectivity index (χ3v) is 1.34. The van der Waals surface area contributed by atoms with Crippen molar-refractivity contribution < 1.29 is 25.6 Å². The maximum absolute atomic E-state index is 11.9. The van der Waals surface area contributed by atoms with Crippen molar-refractivity contribution in [2.24, 2.45) is 0 Å². The average Bonchev–Trinajstić information content (AvgIpc) is 1.86. The molecule has 0 aliphatic heterocycles. The fraction of sp³-hybridized carbons (Fsp3) is 0.200. The molecule has 0 saturated carbocycles. The maximum atomic E-state index is 11.9. The summed E-state index contributed by atoms with van der Waals surface area (Å²) in [4.78, 5) is 6.78. The summed E-state index contributed by atoms with van der Waals surface area (Å²) in [5.41, 5.74) is -0.891. The molecular weight excluding hydrogens is 205 g/mol. The standard InChI is InChI=1S/C5H2F3N2.ClH.Mg/c6-5(7,8)4-1-2-9-3-10-4;;/h1-2H;1H;/q;;+1/p-1. The van der Waals surface area contributed by atoms with E-state index in [4.69, 9.17) is 0 Å². The molecule has 62 valence electrons. The first kappa shape index (κ1) is 11.9. The minimum atomic E-state index is -4.36. The zero-order chi connectivity index (χ0) is 8.48. The Morgan fingerprint density at radius 2 is 1.92 bits per heavy atom. The monoisotopic (exact) mass is 206 g/mol. The minimum Gasteiger partial charge on any atom is -1.00 e. The van der Waals surface area contributed by atoms with Gasteiger partial charge >= 0.3 is 72.9 Å². The number of halogens is 4. The third kappa shape index (κ3) is 3.12. The zero-order valence-electron chi connectivity index (χ0n) is 5.77. The molecule has 7 heteroatoms. The van der Waals surface area contributed by atoms with Gasteiger partial charge in [-0.3, -0.25) is 0 Å². The van der Waals surface area contributed by atoms with Crippen molar-refractivity contribution in [2.75, 3.05) is 0 Å². The van der Waals surface area contributed by atoms with Gasteiger partial charge < -0.3 is 12.4 Å². The van der Waals surface area contributed by atoms with Crippen LogP contribution in [0.4, 0.5) is 13.2 Å². The molecule has 1 aromatic heterocycles. The Morgan fingerprint density at radius 3 is 2.25 bits per heavy atom. The quantitative estimate of drug-likeness (QED) is 0.432. The van der Waals surface area contributed by atoms with Crippen LogP contribution in [0, 0.1) is 0 Å². The van der Waals surface area contributed by atoms with Crippen molar-refractivity contribution in [3.05, 3.63) is 18.0 Å². The van der Waals surface area contributed by atoms with Crippen LogP contribution in [0.5, 0.6) is 0 Å². The van der Waals surface area contributed by atoms with E-state index in [-0.39, 0.29) is 16.4 Å². The summed E-state index contributed by atoms with van der Waals surface area (Å²) in [6.45, 7) is 0. The van der Waals surface area contributed by atoms with Crippen LogP contribution < -0.4 is 16.4 Å². The molecular formula is C5H2ClF3MgN2.